The lowest BCUT2D eigenvalue weighted by molar-refractivity contribution is 0.0544. The molecule has 4 heterocycles. The van der Waals surface area contributed by atoms with Crippen LogP contribution in [0.2, 0.25) is 0 Å². The predicted octanol–water partition coefficient (Wildman–Crippen LogP) is 3.85. The van der Waals surface area contributed by atoms with Crippen LogP contribution in [0.5, 0.6) is 0 Å². The van der Waals surface area contributed by atoms with Crippen molar-refractivity contribution in [3.63, 3.8) is 0 Å². The molecular formula is C21H27N3O2. The van der Waals surface area contributed by atoms with Gasteiger partial charge in [-0.15, -0.1) is 0 Å². The van der Waals surface area contributed by atoms with E-state index in [0.29, 0.717) is 24.2 Å². The van der Waals surface area contributed by atoms with Crippen molar-refractivity contribution in [2.45, 2.75) is 69.8 Å². The average molecular weight is 353 g/mol. The second-order valence-electron chi connectivity index (χ2n) is 9.03. The third kappa shape index (κ3) is 2.29. The first-order valence-corrected chi connectivity index (χ1v) is 9.70. The van der Waals surface area contributed by atoms with Crippen LogP contribution in [0.25, 0.3) is 10.9 Å². The van der Waals surface area contributed by atoms with Gasteiger partial charge in [0.1, 0.15) is 5.60 Å². The van der Waals surface area contributed by atoms with Crippen LogP contribution in [0.4, 0.5) is 10.5 Å². The number of anilines is 1. The average Bonchev–Trinajstić information content (AvgIpc) is 3.10. The largest absolute Gasteiger partial charge is 0.443 e. The lowest BCUT2D eigenvalue weighted by Gasteiger charge is -2.36. The summed E-state index contributed by atoms with van der Waals surface area (Å²) in [6.45, 7) is 5.67. The van der Waals surface area contributed by atoms with E-state index in [1.54, 1.807) is 4.57 Å². The molecule has 3 aliphatic rings. The van der Waals surface area contributed by atoms with Crippen LogP contribution in [-0.4, -0.2) is 52.4 Å². The number of nitrogens with zero attached hydrogens (tertiary/aromatic N) is 3. The maximum atomic E-state index is 12.4. The number of carbonyl (C=O) groups excluding carboxylic acids is 1. The highest BCUT2D eigenvalue weighted by Gasteiger charge is 2.64. The van der Waals surface area contributed by atoms with Gasteiger partial charge in [-0.2, -0.15) is 0 Å². The monoisotopic (exact) mass is 353 g/mol. The zero-order chi connectivity index (χ0) is 18.2. The maximum absolute atomic E-state index is 12.4. The molecule has 3 saturated heterocycles. The summed E-state index contributed by atoms with van der Waals surface area (Å²) >= 11 is 0. The molecule has 3 aliphatic heterocycles. The van der Waals surface area contributed by atoms with Crippen molar-refractivity contribution in [2.24, 2.45) is 0 Å². The molecule has 0 radical (unpaired) electrons. The van der Waals surface area contributed by atoms with E-state index >= 15 is 0 Å². The number of ether oxygens (including phenoxy) is 1. The highest BCUT2D eigenvalue weighted by molar-refractivity contribution is 5.92. The van der Waals surface area contributed by atoms with Gasteiger partial charge in [-0.25, -0.2) is 4.79 Å². The van der Waals surface area contributed by atoms with E-state index in [1.807, 2.05) is 33.0 Å². The summed E-state index contributed by atoms with van der Waals surface area (Å²) in [4.78, 5) is 17.6. The third-order valence-electron chi connectivity index (χ3n) is 6.30. The number of carbonyl (C=O) groups is 1. The topological polar surface area (TPSA) is 37.5 Å². The third-order valence-corrected chi connectivity index (χ3v) is 6.30. The van der Waals surface area contributed by atoms with Crippen LogP contribution >= 0.6 is 0 Å². The molecule has 0 spiro atoms. The second-order valence-corrected chi connectivity index (χ2v) is 9.03. The van der Waals surface area contributed by atoms with Gasteiger partial charge in [-0.1, -0.05) is 6.42 Å². The first-order chi connectivity index (χ1) is 12.3. The molecule has 0 N–H and O–H groups in total. The zero-order valence-corrected chi connectivity index (χ0v) is 16.0. The van der Waals surface area contributed by atoms with Gasteiger partial charge in [-0.3, -0.25) is 9.47 Å². The Bertz CT molecular complexity index is 863. The number of likely N-dealkylation sites (N-methyl/N-ethyl adjacent to an activating group) is 1. The number of benzene rings is 1. The molecule has 0 saturated carbocycles. The maximum Gasteiger partial charge on any atom is 0.418 e. The van der Waals surface area contributed by atoms with E-state index in [2.05, 4.69) is 35.0 Å². The van der Waals surface area contributed by atoms with Gasteiger partial charge < -0.3 is 9.64 Å². The minimum absolute atomic E-state index is 0.319. The molecular weight excluding hydrogens is 326 g/mol. The van der Waals surface area contributed by atoms with Gasteiger partial charge in [0.25, 0.3) is 0 Å². The van der Waals surface area contributed by atoms with Crippen molar-refractivity contribution in [3.8, 4) is 0 Å². The SMILES string of the molecule is CN1[C@@H]2CCC[C@H]1[C@H]1[C@@H]2N1c1ccc2c(ccn2C(=O)OC(C)(C)C)c1. The second kappa shape index (κ2) is 5.26. The fourth-order valence-electron chi connectivity index (χ4n) is 5.21. The molecule has 138 valence electrons. The molecule has 4 atom stereocenters. The van der Waals surface area contributed by atoms with Crippen molar-refractivity contribution in [3.05, 3.63) is 30.5 Å². The molecule has 0 amide bonds. The highest BCUT2D eigenvalue weighted by Crippen LogP contribution is 2.52. The number of piperazine rings is 1. The minimum atomic E-state index is -0.491. The summed E-state index contributed by atoms with van der Waals surface area (Å²) in [6, 6.07) is 11.2. The highest BCUT2D eigenvalue weighted by atomic mass is 16.6. The summed E-state index contributed by atoms with van der Waals surface area (Å²) in [7, 11) is 2.29. The Balaban J connectivity index is 1.42. The Morgan fingerprint density at radius 3 is 2.46 bits per heavy atom. The molecule has 3 fully saturated rings. The van der Waals surface area contributed by atoms with Gasteiger partial charge >= 0.3 is 6.09 Å². The summed E-state index contributed by atoms with van der Waals surface area (Å²) in [6.07, 6.45) is 5.51. The number of rotatable bonds is 1. The molecule has 5 nitrogen and oxygen atoms in total. The molecule has 0 aliphatic carbocycles. The fourth-order valence-corrected chi connectivity index (χ4v) is 5.21. The first kappa shape index (κ1) is 16.2. The van der Waals surface area contributed by atoms with Gasteiger partial charge in [0.2, 0.25) is 0 Å². The van der Waals surface area contributed by atoms with E-state index in [-0.39, 0.29) is 6.09 Å². The van der Waals surface area contributed by atoms with Gasteiger partial charge in [0.15, 0.2) is 0 Å². The minimum Gasteiger partial charge on any atom is -0.443 e. The van der Waals surface area contributed by atoms with Crippen LogP contribution in [-0.2, 0) is 4.74 Å². The first-order valence-electron chi connectivity index (χ1n) is 9.70. The van der Waals surface area contributed by atoms with Crippen LogP contribution in [0, 0.1) is 0 Å². The van der Waals surface area contributed by atoms with Gasteiger partial charge in [-0.05, 0) is 64.9 Å². The Kier molecular flexibility index (Phi) is 3.27. The normalized spacial score (nSPS) is 30.5. The van der Waals surface area contributed by atoms with Crippen LogP contribution < -0.4 is 4.90 Å². The lowest BCUT2D eigenvalue weighted by Crippen LogP contribution is -2.45. The molecule has 5 heteroatoms. The Hall–Kier alpha value is -2.01. The number of fused-ring (bicyclic) bond motifs is 6. The molecule has 2 aromatic rings. The van der Waals surface area contributed by atoms with Gasteiger partial charge in [0, 0.05) is 29.4 Å². The molecule has 2 bridgehead atoms. The van der Waals surface area contributed by atoms with Crippen molar-refractivity contribution >= 4 is 22.7 Å². The predicted molar refractivity (Wildman–Crippen MR) is 103 cm³/mol. The van der Waals surface area contributed by atoms with Crippen molar-refractivity contribution in [1.29, 1.82) is 0 Å². The summed E-state index contributed by atoms with van der Waals surface area (Å²) in [5.74, 6) is 0. The fraction of sp³-hybridized carbons (Fsp3) is 0.571. The summed E-state index contributed by atoms with van der Waals surface area (Å²) in [5.41, 5.74) is 1.71. The van der Waals surface area contributed by atoms with Crippen molar-refractivity contribution < 1.29 is 9.53 Å². The van der Waals surface area contributed by atoms with Gasteiger partial charge in [0.05, 0.1) is 17.6 Å². The van der Waals surface area contributed by atoms with Crippen LogP contribution in [0.1, 0.15) is 40.0 Å². The lowest BCUT2D eigenvalue weighted by atomic mass is 10.0. The van der Waals surface area contributed by atoms with Crippen molar-refractivity contribution in [2.75, 3.05) is 11.9 Å². The molecule has 1 aromatic heterocycles. The molecule has 26 heavy (non-hydrogen) atoms. The van der Waals surface area contributed by atoms with E-state index < -0.39 is 5.60 Å². The quantitative estimate of drug-likeness (QED) is 0.730. The Morgan fingerprint density at radius 1 is 1.12 bits per heavy atom. The zero-order valence-electron chi connectivity index (χ0n) is 16.0. The smallest absolute Gasteiger partial charge is 0.418 e. The van der Waals surface area contributed by atoms with Crippen LogP contribution in [0.3, 0.4) is 0 Å². The number of hydrogen-bond donors (Lipinski definition) is 0. The van der Waals surface area contributed by atoms with Crippen molar-refractivity contribution in [1.82, 2.24) is 9.47 Å². The number of hydrogen-bond acceptors (Lipinski definition) is 4. The van der Waals surface area contributed by atoms with Crippen LogP contribution in [0.15, 0.2) is 30.5 Å². The molecule has 1 aromatic carbocycles. The molecule has 5 rings (SSSR count). The number of piperidine rings is 1. The van der Waals surface area contributed by atoms with E-state index in [1.165, 1.54) is 24.9 Å². The van der Waals surface area contributed by atoms with E-state index in [4.69, 9.17) is 4.74 Å². The summed E-state index contributed by atoms with van der Waals surface area (Å²) in [5, 5.41) is 1.09. The molecule has 0 unspecified atom stereocenters. The van der Waals surface area contributed by atoms with E-state index in [0.717, 1.165) is 10.9 Å². The Morgan fingerprint density at radius 2 is 1.81 bits per heavy atom. The standard InChI is InChI=1S/C21H27N3O2/c1-21(2,3)26-20(25)23-11-10-13-12-14(8-9-15(13)23)24-18-16-6-5-7-17(19(18)24)22(16)4/h8-12,16-19H,5-7H2,1-4H3/t16-,17+,18-,19+,24?. The summed E-state index contributed by atoms with van der Waals surface area (Å²) < 4.78 is 7.12. The Labute approximate surface area is 154 Å². The van der Waals surface area contributed by atoms with E-state index in [9.17, 15) is 4.79 Å². The number of aromatic nitrogens is 1.